The van der Waals surface area contributed by atoms with E-state index in [0.717, 1.165) is 10.5 Å². The summed E-state index contributed by atoms with van der Waals surface area (Å²) in [4.78, 5) is 39.5. The van der Waals surface area contributed by atoms with E-state index >= 15 is 0 Å². The number of benzene rings is 1. The van der Waals surface area contributed by atoms with Crippen molar-refractivity contribution in [1.82, 2.24) is 9.80 Å². The van der Waals surface area contributed by atoms with Crippen LogP contribution in [-0.4, -0.2) is 66.7 Å². The Kier molecular flexibility index (Phi) is 3.95. The van der Waals surface area contributed by atoms with E-state index < -0.39 is 11.5 Å². The molecule has 0 bridgehead atoms. The van der Waals surface area contributed by atoms with E-state index in [1.54, 1.807) is 4.90 Å². The van der Waals surface area contributed by atoms with E-state index in [1.165, 1.54) is 0 Å². The number of rotatable bonds is 3. The number of carbonyl (C=O) groups is 3. The van der Waals surface area contributed by atoms with Gasteiger partial charge in [0.15, 0.2) is 6.61 Å². The molecule has 3 amide bonds. The van der Waals surface area contributed by atoms with Gasteiger partial charge in [-0.05, 0) is 18.4 Å². The Labute approximate surface area is 145 Å². The summed E-state index contributed by atoms with van der Waals surface area (Å²) in [7, 11) is 0. The molecule has 1 aromatic carbocycles. The zero-order valence-electron chi connectivity index (χ0n) is 13.8. The van der Waals surface area contributed by atoms with Crippen LogP contribution in [0.1, 0.15) is 18.4 Å². The van der Waals surface area contributed by atoms with Gasteiger partial charge in [-0.15, -0.1) is 0 Å². The Hall–Kier alpha value is -2.41. The standard InChI is InChI=1S/C18H20N2O5/c21-15-12-25-17(23)20(15)14-10-19(11-14)16(22)18(6-8-24-9-7-18)13-4-2-1-3-5-13/h1-5,14H,6-12H2. The Morgan fingerprint density at radius 1 is 1.08 bits per heavy atom. The van der Waals surface area contributed by atoms with E-state index in [1.807, 2.05) is 30.3 Å². The van der Waals surface area contributed by atoms with Crippen LogP contribution >= 0.6 is 0 Å². The first-order valence-corrected chi connectivity index (χ1v) is 8.53. The number of carbonyl (C=O) groups excluding carboxylic acids is 3. The first-order chi connectivity index (χ1) is 12.1. The first kappa shape index (κ1) is 16.1. The van der Waals surface area contributed by atoms with Crippen LogP contribution in [0.5, 0.6) is 0 Å². The van der Waals surface area contributed by atoms with Gasteiger partial charge in [0.25, 0.3) is 5.91 Å². The molecule has 25 heavy (non-hydrogen) atoms. The van der Waals surface area contributed by atoms with Crippen molar-refractivity contribution >= 4 is 17.9 Å². The highest BCUT2D eigenvalue weighted by atomic mass is 16.6. The number of amides is 3. The molecule has 0 aliphatic carbocycles. The number of hydrogen-bond donors (Lipinski definition) is 0. The maximum atomic E-state index is 13.3. The summed E-state index contributed by atoms with van der Waals surface area (Å²) in [6.45, 7) is 1.64. The summed E-state index contributed by atoms with van der Waals surface area (Å²) in [5.74, 6) is -0.274. The molecule has 132 valence electrons. The van der Waals surface area contributed by atoms with Gasteiger partial charge in [0.1, 0.15) is 0 Å². The van der Waals surface area contributed by atoms with Gasteiger partial charge in [-0.3, -0.25) is 9.59 Å². The summed E-state index contributed by atoms with van der Waals surface area (Å²) in [5, 5.41) is 0. The van der Waals surface area contributed by atoms with E-state index in [4.69, 9.17) is 9.47 Å². The topological polar surface area (TPSA) is 76.2 Å². The van der Waals surface area contributed by atoms with Crippen molar-refractivity contribution in [3.63, 3.8) is 0 Å². The molecule has 3 heterocycles. The molecular formula is C18H20N2O5. The molecule has 7 heteroatoms. The Morgan fingerprint density at radius 2 is 1.76 bits per heavy atom. The van der Waals surface area contributed by atoms with Gasteiger partial charge in [-0.1, -0.05) is 30.3 Å². The second kappa shape index (κ2) is 6.15. The normalized spacial score (nSPS) is 23.4. The maximum Gasteiger partial charge on any atom is 0.417 e. The fraction of sp³-hybridized carbons (Fsp3) is 0.500. The summed E-state index contributed by atoms with van der Waals surface area (Å²) in [6.07, 6.45) is 0.676. The van der Waals surface area contributed by atoms with Crippen LogP contribution in [0.15, 0.2) is 30.3 Å². The number of nitrogens with zero attached hydrogens (tertiary/aromatic N) is 2. The number of imide groups is 1. The van der Waals surface area contributed by atoms with Crippen LogP contribution in [-0.2, 0) is 24.5 Å². The lowest BCUT2D eigenvalue weighted by molar-refractivity contribution is -0.150. The van der Waals surface area contributed by atoms with Gasteiger partial charge < -0.3 is 14.4 Å². The number of hydrogen-bond acceptors (Lipinski definition) is 5. The summed E-state index contributed by atoms with van der Waals surface area (Å²) < 4.78 is 10.2. The lowest BCUT2D eigenvalue weighted by Gasteiger charge is -2.47. The van der Waals surface area contributed by atoms with Crippen molar-refractivity contribution in [2.45, 2.75) is 24.3 Å². The highest BCUT2D eigenvalue weighted by molar-refractivity contribution is 5.98. The lowest BCUT2D eigenvalue weighted by Crippen LogP contribution is -2.65. The highest BCUT2D eigenvalue weighted by Crippen LogP contribution is 2.38. The number of cyclic esters (lactones) is 1. The summed E-state index contributed by atoms with van der Waals surface area (Å²) >= 11 is 0. The van der Waals surface area contributed by atoms with Crippen LogP contribution in [0.3, 0.4) is 0 Å². The van der Waals surface area contributed by atoms with E-state index in [9.17, 15) is 14.4 Å². The molecular weight excluding hydrogens is 324 g/mol. The van der Waals surface area contributed by atoms with Crippen LogP contribution in [0.25, 0.3) is 0 Å². The van der Waals surface area contributed by atoms with Gasteiger partial charge in [0.2, 0.25) is 5.91 Å². The molecule has 0 unspecified atom stereocenters. The smallest absolute Gasteiger partial charge is 0.417 e. The maximum absolute atomic E-state index is 13.3. The van der Waals surface area contributed by atoms with Crippen molar-refractivity contribution < 1.29 is 23.9 Å². The minimum atomic E-state index is -0.606. The molecule has 3 saturated heterocycles. The average molecular weight is 344 g/mol. The molecule has 0 spiro atoms. The largest absolute Gasteiger partial charge is 0.439 e. The second-order valence-electron chi connectivity index (χ2n) is 6.74. The number of likely N-dealkylation sites (tertiary alicyclic amines) is 1. The van der Waals surface area contributed by atoms with Gasteiger partial charge in [-0.25, -0.2) is 9.69 Å². The molecule has 0 saturated carbocycles. The van der Waals surface area contributed by atoms with Crippen LogP contribution < -0.4 is 0 Å². The van der Waals surface area contributed by atoms with Gasteiger partial charge in [0.05, 0.1) is 11.5 Å². The molecule has 0 radical (unpaired) electrons. The van der Waals surface area contributed by atoms with Crippen LogP contribution in [0, 0.1) is 0 Å². The molecule has 4 rings (SSSR count). The molecule has 0 N–H and O–H groups in total. The van der Waals surface area contributed by atoms with Crippen LogP contribution in [0.2, 0.25) is 0 Å². The zero-order chi connectivity index (χ0) is 17.4. The zero-order valence-corrected chi connectivity index (χ0v) is 13.8. The van der Waals surface area contributed by atoms with Crippen molar-refractivity contribution in [2.75, 3.05) is 32.9 Å². The molecule has 1 aromatic rings. The van der Waals surface area contributed by atoms with Crippen molar-refractivity contribution in [3.8, 4) is 0 Å². The van der Waals surface area contributed by atoms with E-state index in [2.05, 4.69) is 0 Å². The SMILES string of the molecule is O=C1COC(=O)N1C1CN(C(=O)C2(c3ccccc3)CCOCC2)C1. The highest BCUT2D eigenvalue weighted by Gasteiger charge is 2.50. The number of ether oxygens (including phenoxy) is 2. The Balaban J connectivity index is 1.51. The van der Waals surface area contributed by atoms with Gasteiger partial charge in [-0.2, -0.15) is 0 Å². The van der Waals surface area contributed by atoms with E-state index in [-0.39, 0.29) is 24.5 Å². The van der Waals surface area contributed by atoms with Crippen molar-refractivity contribution in [1.29, 1.82) is 0 Å². The third-order valence-electron chi connectivity index (χ3n) is 5.38. The minimum Gasteiger partial charge on any atom is -0.439 e. The molecule has 0 atom stereocenters. The predicted octanol–water partition coefficient (Wildman–Crippen LogP) is 0.924. The average Bonchev–Trinajstić information content (AvgIpc) is 2.94. The quantitative estimate of drug-likeness (QED) is 0.815. The van der Waals surface area contributed by atoms with Gasteiger partial charge >= 0.3 is 6.09 Å². The van der Waals surface area contributed by atoms with E-state index in [0.29, 0.717) is 39.1 Å². The first-order valence-electron chi connectivity index (χ1n) is 8.53. The third-order valence-corrected chi connectivity index (χ3v) is 5.38. The summed E-state index contributed by atoms with van der Waals surface area (Å²) in [6, 6.07) is 9.52. The molecule has 0 aromatic heterocycles. The third kappa shape index (κ3) is 2.59. The second-order valence-corrected chi connectivity index (χ2v) is 6.74. The lowest BCUT2D eigenvalue weighted by atomic mass is 9.72. The fourth-order valence-electron chi connectivity index (χ4n) is 3.91. The van der Waals surface area contributed by atoms with Crippen molar-refractivity contribution in [2.24, 2.45) is 0 Å². The summed E-state index contributed by atoms with van der Waals surface area (Å²) in [5.41, 5.74) is 0.420. The van der Waals surface area contributed by atoms with Crippen molar-refractivity contribution in [3.05, 3.63) is 35.9 Å². The molecule has 3 aliphatic heterocycles. The van der Waals surface area contributed by atoms with Gasteiger partial charge in [0, 0.05) is 26.3 Å². The molecule has 7 nitrogen and oxygen atoms in total. The monoisotopic (exact) mass is 344 g/mol. The minimum absolute atomic E-state index is 0.0539. The van der Waals surface area contributed by atoms with Crippen LogP contribution in [0.4, 0.5) is 4.79 Å². The Morgan fingerprint density at radius 3 is 2.36 bits per heavy atom. The molecule has 3 fully saturated rings. The fourth-order valence-corrected chi connectivity index (χ4v) is 3.91. The Bertz CT molecular complexity index is 677. The molecule has 3 aliphatic rings. The predicted molar refractivity (Wildman–Crippen MR) is 86.7 cm³/mol.